The number of aromatic amines is 1. The van der Waals surface area contributed by atoms with E-state index < -0.39 is 0 Å². The number of H-pyrrole nitrogens is 1. The zero-order valence-electron chi connectivity index (χ0n) is 14.3. The summed E-state index contributed by atoms with van der Waals surface area (Å²) in [6.07, 6.45) is 4.06. The zero-order chi connectivity index (χ0) is 16.8. The van der Waals surface area contributed by atoms with Gasteiger partial charge in [-0.15, -0.1) is 12.4 Å². The quantitative estimate of drug-likeness (QED) is 0.676. The summed E-state index contributed by atoms with van der Waals surface area (Å²) in [5.41, 5.74) is 2.80. The molecule has 25 heavy (non-hydrogen) atoms. The van der Waals surface area contributed by atoms with Crippen LogP contribution in [0.2, 0.25) is 0 Å². The molecule has 3 rings (SSSR count). The molecule has 1 unspecified atom stereocenters. The Morgan fingerprint density at radius 2 is 2.40 bits per heavy atom. The van der Waals surface area contributed by atoms with E-state index in [1.165, 1.54) is 0 Å². The van der Waals surface area contributed by atoms with Crippen molar-refractivity contribution in [3.05, 3.63) is 35.4 Å². The molecule has 0 aliphatic carbocycles. The van der Waals surface area contributed by atoms with E-state index in [0.717, 1.165) is 43.0 Å². The Morgan fingerprint density at radius 3 is 3.16 bits per heavy atom. The third-order valence-electron chi connectivity index (χ3n) is 4.21. The molecule has 1 saturated heterocycles. The summed E-state index contributed by atoms with van der Waals surface area (Å²) in [5.74, 6) is 0.366. The first-order valence-corrected chi connectivity index (χ1v) is 8.27. The summed E-state index contributed by atoms with van der Waals surface area (Å²) in [7, 11) is 1.62. The SMILES string of the molecule is COCc1cc(CNC(=O)Cn2nccc2C2CCCNC2)[nH]n1.Cl. The third-order valence-corrected chi connectivity index (χ3v) is 4.21. The van der Waals surface area contributed by atoms with Crippen molar-refractivity contribution in [1.82, 2.24) is 30.6 Å². The van der Waals surface area contributed by atoms with Crippen LogP contribution in [0.1, 0.15) is 35.8 Å². The van der Waals surface area contributed by atoms with Crippen LogP contribution in [0, 0.1) is 0 Å². The molecule has 2 aromatic rings. The molecule has 0 radical (unpaired) electrons. The Morgan fingerprint density at radius 1 is 1.52 bits per heavy atom. The number of amides is 1. The highest BCUT2D eigenvalue weighted by Gasteiger charge is 2.19. The number of halogens is 1. The van der Waals surface area contributed by atoms with Gasteiger partial charge >= 0.3 is 0 Å². The van der Waals surface area contributed by atoms with E-state index in [-0.39, 0.29) is 24.9 Å². The van der Waals surface area contributed by atoms with Crippen molar-refractivity contribution < 1.29 is 9.53 Å². The molecule has 1 amide bonds. The molecule has 8 nitrogen and oxygen atoms in total. The average molecular weight is 369 g/mol. The Hall–Kier alpha value is -1.90. The summed E-state index contributed by atoms with van der Waals surface area (Å²) in [6, 6.07) is 3.90. The molecular weight excluding hydrogens is 344 g/mol. The van der Waals surface area contributed by atoms with Gasteiger partial charge in [0.05, 0.1) is 24.5 Å². The van der Waals surface area contributed by atoms with Gasteiger partial charge < -0.3 is 15.4 Å². The number of piperidine rings is 1. The van der Waals surface area contributed by atoms with E-state index in [1.54, 1.807) is 18.0 Å². The fourth-order valence-corrected chi connectivity index (χ4v) is 3.03. The monoisotopic (exact) mass is 368 g/mol. The van der Waals surface area contributed by atoms with Gasteiger partial charge in [-0.25, -0.2) is 0 Å². The van der Waals surface area contributed by atoms with Crippen LogP contribution in [0.3, 0.4) is 0 Å². The molecule has 9 heteroatoms. The summed E-state index contributed by atoms with van der Waals surface area (Å²) in [4.78, 5) is 12.2. The maximum absolute atomic E-state index is 12.2. The number of rotatable bonds is 7. The Kier molecular flexibility index (Phi) is 7.42. The van der Waals surface area contributed by atoms with Gasteiger partial charge in [0, 0.05) is 31.5 Å². The highest BCUT2D eigenvalue weighted by molar-refractivity contribution is 5.85. The topological polar surface area (TPSA) is 96.9 Å². The van der Waals surface area contributed by atoms with Gasteiger partial charge in [0.1, 0.15) is 6.54 Å². The van der Waals surface area contributed by atoms with Gasteiger partial charge in [-0.3, -0.25) is 14.6 Å². The zero-order valence-corrected chi connectivity index (χ0v) is 15.1. The van der Waals surface area contributed by atoms with Crippen LogP contribution < -0.4 is 10.6 Å². The van der Waals surface area contributed by atoms with Gasteiger partial charge in [0.25, 0.3) is 0 Å². The molecule has 3 N–H and O–H groups in total. The largest absolute Gasteiger partial charge is 0.378 e. The van der Waals surface area contributed by atoms with Crippen molar-refractivity contribution in [2.45, 2.75) is 38.5 Å². The van der Waals surface area contributed by atoms with Gasteiger partial charge in [-0.1, -0.05) is 0 Å². The van der Waals surface area contributed by atoms with Crippen molar-refractivity contribution in [3.8, 4) is 0 Å². The number of carbonyl (C=O) groups excluding carboxylic acids is 1. The van der Waals surface area contributed by atoms with Crippen LogP contribution >= 0.6 is 12.4 Å². The second-order valence-electron chi connectivity index (χ2n) is 6.05. The minimum absolute atomic E-state index is 0. The third kappa shape index (κ3) is 5.29. The molecular formula is C16H25ClN6O2. The molecule has 1 atom stereocenters. The lowest BCUT2D eigenvalue weighted by Gasteiger charge is -2.23. The first-order valence-electron chi connectivity index (χ1n) is 8.27. The molecule has 1 aliphatic rings. The number of methoxy groups -OCH3 is 1. The highest BCUT2D eigenvalue weighted by atomic mass is 35.5. The Balaban J connectivity index is 0.00000225. The molecule has 0 saturated carbocycles. The predicted octanol–water partition coefficient (Wildman–Crippen LogP) is 0.958. The summed E-state index contributed by atoms with van der Waals surface area (Å²) < 4.78 is 6.82. The standard InChI is InChI=1S/C16H24N6O2.ClH/c1-24-11-14-7-13(20-21-14)9-18-16(23)10-22-15(4-6-19-22)12-3-2-5-17-8-12;/h4,6-7,12,17H,2-3,5,8-11H2,1H3,(H,18,23)(H,20,21);1H. The van der Waals surface area contributed by atoms with E-state index in [9.17, 15) is 4.79 Å². The van der Waals surface area contributed by atoms with Crippen LogP contribution in [-0.4, -0.2) is 46.1 Å². The maximum Gasteiger partial charge on any atom is 0.242 e. The number of ether oxygens (including phenoxy) is 1. The van der Waals surface area contributed by atoms with Crippen molar-refractivity contribution in [3.63, 3.8) is 0 Å². The lowest BCUT2D eigenvalue weighted by molar-refractivity contribution is -0.122. The van der Waals surface area contributed by atoms with Gasteiger partial charge in [0.2, 0.25) is 5.91 Å². The fraction of sp³-hybridized carbons (Fsp3) is 0.562. The Bertz CT molecular complexity index is 665. The highest BCUT2D eigenvalue weighted by Crippen LogP contribution is 2.22. The lowest BCUT2D eigenvalue weighted by Crippen LogP contribution is -2.32. The number of nitrogens with zero attached hydrogens (tertiary/aromatic N) is 3. The second-order valence-corrected chi connectivity index (χ2v) is 6.05. The predicted molar refractivity (Wildman–Crippen MR) is 95.5 cm³/mol. The van der Waals surface area contributed by atoms with Crippen LogP contribution in [0.25, 0.3) is 0 Å². The maximum atomic E-state index is 12.2. The summed E-state index contributed by atoms with van der Waals surface area (Å²) in [6.45, 7) is 3.12. The molecule has 3 heterocycles. The second kappa shape index (κ2) is 9.55. The molecule has 1 aliphatic heterocycles. The molecule has 0 aromatic carbocycles. The van der Waals surface area contributed by atoms with E-state index in [2.05, 4.69) is 25.9 Å². The van der Waals surface area contributed by atoms with E-state index in [1.807, 2.05) is 12.1 Å². The fourth-order valence-electron chi connectivity index (χ4n) is 3.03. The number of nitrogens with one attached hydrogen (secondary N) is 3. The van der Waals surface area contributed by atoms with Gasteiger partial charge in [0.15, 0.2) is 0 Å². The van der Waals surface area contributed by atoms with Crippen molar-refractivity contribution in [1.29, 1.82) is 0 Å². The van der Waals surface area contributed by atoms with Crippen LogP contribution in [0.5, 0.6) is 0 Å². The minimum Gasteiger partial charge on any atom is -0.378 e. The number of aromatic nitrogens is 4. The van der Waals surface area contributed by atoms with Crippen LogP contribution in [0.4, 0.5) is 0 Å². The first kappa shape index (κ1) is 19.4. The molecule has 1 fully saturated rings. The average Bonchev–Trinajstić information content (AvgIpc) is 3.24. The normalized spacial score (nSPS) is 17.1. The summed E-state index contributed by atoms with van der Waals surface area (Å²) in [5, 5.41) is 17.6. The minimum atomic E-state index is -0.0633. The van der Waals surface area contributed by atoms with Crippen LogP contribution in [-0.2, 0) is 29.2 Å². The van der Waals surface area contributed by atoms with E-state index >= 15 is 0 Å². The number of hydrogen-bond acceptors (Lipinski definition) is 5. The number of hydrogen-bond donors (Lipinski definition) is 3. The lowest BCUT2D eigenvalue weighted by atomic mass is 9.96. The van der Waals surface area contributed by atoms with Crippen LogP contribution in [0.15, 0.2) is 18.3 Å². The molecule has 2 aromatic heterocycles. The molecule has 0 bridgehead atoms. The van der Waals surface area contributed by atoms with E-state index in [0.29, 0.717) is 19.1 Å². The van der Waals surface area contributed by atoms with Gasteiger partial charge in [-0.05, 0) is 31.5 Å². The smallest absolute Gasteiger partial charge is 0.242 e. The summed E-state index contributed by atoms with van der Waals surface area (Å²) >= 11 is 0. The molecule has 138 valence electrons. The van der Waals surface area contributed by atoms with Crippen molar-refractivity contribution in [2.75, 3.05) is 20.2 Å². The van der Waals surface area contributed by atoms with E-state index in [4.69, 9.17) is 4.74 Å². The number of carbonyl (C=O) groups is 1. The van der Waals surface area contributed by atoms with Gasteiger partial charge in [-0.2, -0.15) is 10.2 Å². The van der Waals surface area contributed by atoms with Crippen molar-refractivity contribution >= 4 is 18.3 Å². The Labute approximate surface area is 153 Å². The van der Waals surface area contributed by atoms with Crippen molar-refractivity contribution in [2.24, 2.45) is 0 Å². The molecule has 0 spiro atoms. The first-order chi connectivity index (χ1) is 11.8.